The number of para-hydroxylation sites is 2. The minimum atomic E-state index is -0.738. The number of carbonyl (C=O) groups is 1. The Morgan fingerprint density at radius 1 is 1.05 bits per heavy atom. The third-order valence-corrected chi connectivity index (χ3v) is 3.77. The van der Waals surface area contributed by atoms with E-state index in [1.54, 1.807) is 12.1 Å². The number of hydrogen-bond acceptors (Lipinski definition) is 2. The Labute approximate surface area is 127 Å². The second-order valence-corrected chi connectivity index (χ2v) is 5.29. The molecule has 0 bridgehead atoms. The van der Waals surface area contributed by atoms with Crippen molar-refractivity contribution in [1.82, 2.24) is 0 Å². The van der Waals surface area contributed by atoms with Crippen LogP contribution in [-0.4, -0.2) is 19.0 Å². The number of rotatable bonds is 3. The van der Waals surface area contributed by atoms with Crippen molar-refractivity contribution in [2.75, 3.05) is 23.3 Å². The molecule has 2 aromatic rings. The third kappa shape index (κ3) is 2.93. The summed E-state index contributed by atoms with van der Waals surface area (Å²) < 4.78 is 26.9. The minimum absolute atomic E-state index is 0.295. The highest BCUT2D eigenvalue weighted by Gasteiger charge is 2.18. The summed E-state index contributed by atoms with van der Waals surface area (Å²) in [5, 5.41) is 2.68. The largest absolute Gasteiger partial charge is 0.370 e. The summed E-state index contributed by atoms with van der Waals surface area (Å²) in [4.78, 5) is 14.4. The number of amides is 1. The summed E-state index contributed by atoms with van der Waals surface area (Å²) in [6.07, 6.45) is 2.22. The zero-order valence-corrected chi connectivity index (χ0v) is 12.0. The maximum atomic E-state index is 13.7. The molecule has 1 fully saturated rings. The Balaban J connectivity index is 1.86. The van der Waals surface area contributed by atoms with Gasteiger partial charge in [0.25, 0.3) is 5.91 Å². The SMILES string of the molecule is O=C(Nc1ccccc1N1CCCC1)c1cc(F)ccc1F. The maximum Gasteiger partial charge on any atom is 0.258 e. The molecule has 1 saturated heterocycles. The van der Waals surface area contributed by atoms with Gasteiger partial charge in [0.2, 0.25) is 0 Å². The molecule has 0 unspecified atom stereocenters. The normalized spacial score (nSPS) is 14.2. The van der Waals surface area contributed by atoms with Gasteiger partial charge in [0.15, 0.2) is 0 Å². The third-order valence-electron chi connectivity index (χ3n) is 3.77. The lowest BCUT2D eigenvalue weighted by molar-refractivity contribution is 0.102. The first-order valence-corrected chi connectivity index (χ1v) is 7.25. The number of nitrogens with one attached hydrogen (secondary N) is 1. The Morgan fingerprint density at radius 3 is 2.55 bits per heavy atom. The molecular formula is C17H16F2N2O. The topological polar surface area (TPSA) is 32.3 Å². The Bertz CT molecular complexity index is 697. The molecule has 0 aromatic heterocycles. The second kappa shape index (κ2) is 6.13. The van der Waals surface area contributed by atoms with Crippen LogP contribution in [-0.2, 0) is 0 Å². The number of benzene rings is 2. The quantitative estimate of drug-likeness (QED) is 0.935. The molecule has 1 amide bonds. The molecule has 1 aliphatic rings. The van der Waals surface area contributed by atoms with Gasteiger partial charge in [-0.15, -0.1) is 0 Å². The van der Waals surface area contributed by atoms with Gasteiger partial charge in [0.1, 0.15) is 11.6 Å². The van der Waals surface area contributed by atoms with Gasteiger partial charge in [-0.1, -0.05) is 12.1 Å². The van der Waals surface area contributed by atoms with Crippen molar-refractivity contribution >= 4 is 17.3 Å². The van der Waals surface area contributed by atoms with E-state index in [9.17, 15) is 13.6 Å². The molecule has 22 heavy (non-hydrogen) atoms. The summed E-state index contributed by atoms with van der Waals surface area (Å²) >= 11 is 0. The molecule has 3 nitrogen and oxygen atoms in total. The van der Waals surface area contributed by atoms with Crippen LogP contribution in [0.5, 0.6) is 0 Å². The van der Waals surface area contributed by atoms with Crippen molar-refractivity contribution in [3.8, 4) is 0 Å². The predicted molar refractivity (Wildman–Crippen MR) is 82.2 cm³/mol. The fraction of sp³-hybridized carbons (Fsp3) is 0.235. The van der Waals surface area contributed by atoms with E-state index in [0.29, 0.717) is 5.69 Å². The Kier molecular flexibility index (Phi) is 4.04. The molecule has 0 radical (unpaired) electrons. The number of carbonyl (C=O) groups excluding carboxylic acids is 1. The van der Waals surface area contributed by atoms with E-state index in [0.717, 1.165) is 49.8 Å². The Hall–Kier alpha value is -2.43. The molecule has 1 N–H and O–H groups in total. The van der Waals surface area contributed by atoms with Gasteiger partial charge in [-0.05, 0) is 43.2 Å². The summed E-state index contributed by atoms with van der Waals surface area (Å²) in [7, 11) is 0. The van der Waals surface area contributed by atoms with Crippen LogP contribution in [0.2, 0.25) is 0 Å². The number of nitrogens with zero attached hydrogens (tertiary/aromatic N) is 1. The first-order chi connectivity index (χ1) is 10.6. The van der Waals surface area contributed by atoms with Crippen molar-refractivity contribution in [2.24, 2.45) is 0 Å². The van der Waals surface area contributed by atoms with Crippen molar-refractivity contribution in [2.45, 2.75) is 12.8 Å². The highest BCUT2D eigenvalue weighted by atomic mass is 19.1. The van der Waals surface area contributed by atoms with E-state index < -0.39 is 17.5 Å². The molecule has 0 spiro atoms. The van der Waals surface area contributed by atoms with E-state index in [1.807, 2.05) is 12.1 Å². The molecule has 1 aliphatic heterocycles. The molecule has 114 valence electrons. The first-order valence-electron chi connectivity index (χ1n) is 7.25. The summed E-state index contributed by atoms with van der Waals surface area (Å²) in [5.41, 5.74) is 1.22. The van der Waals surface area contributed by atoms with Crippen LogP contribution in [0.1, 0.15) is 23.2 Å². The summed E-state index contributed by atoms with van der Waals surface area (Å²) in [6, 6.07) is 10.2. The van der Waals surface area contributed by atoms with Gasteiger partial charge in [-0.25, -0.2) is 8.78 Å². The lowest BCUT2D eigenvalue weighted by Gasteiger charge is -2.21. The van der Waals surface area contributed by atoms with Gasteiger partial charge < -0.3 is 10.2 Å². The van der Waals surface area contributed by atoms with Crippen LogP contribution in [0.3, 0.4) is 0 Å². The van der Waals surface area contributed by atoms with Gasteiger partial charge in [-0.3, -0.25) is 4.79 Å². The average molecular weight is 302 g/mol. The monoisotopic (exact) mass is 302 g/mol. The van der Waals surface area contributed by atoms with Crippen LogP contribution in [0, 0.1) is 11.6 Å². The van der Waals surface area contributed by atoms with E-state index in [2.05, 4.69) is 10.2 Å². The van der Waals surface area contributed by atoms with E-state index in [-0.39, 0.29) is 5.56 Å². The maximum absolute atomic E-state index is 13.7. The van der Waals surface area contributed by atoms with Crippen LogP contribution in [0.4, 0.5) is 20.2 Å². The van der Waals surface area contributed by atoms with E-state index in [4.69, 9.17) is 0 Å². The first kappa shape index (κ1) is 14.5. The smallest absolute Gasteiger partial charge is 0.258 e. The summed E-state index contributed by atoms with van der Waals surface area (Å²) in [5.74, 6) is -2.03. The molecule has 0 saturated carbocycles. The molecule has 0 aliphatic carbocycles. The molecular weight excluding hydrogens is 286 g/mol. The fourth-order valence-corrected chi connectivity index (χ4v) is 2.67. The Morgan fingerprint density at radius 2 is 1.77 bits per heavy atom. The lowest BCUT2D eigenvalue weighted by Crippen LogP contribution is -2.21. The fourth-order valence-electron chi connectivity index (χ4n) is 2.67. The van der Waals surface area contributed by atoms with E-state index >= 15 is 0 Å². The van der Waals surface area contributed by atoms with Crippen LogP contribution >= 0.6 is 0 Å². The van der Waals surface area contributed by atoms with Crippen molar-refractivity contribution in [1.29, 1.82) is 0 Å². The average Bonchev–Trinajstić information content (AvgIpc) is 3.04. The zero-order valence-electron chi connectivity index (χ0n) is 12.0. The number of halogens is 2. The molecule has 3 rings (SSSR count). The van der Waals surface area contributed by atoms with Gasteiger partial charge >= 0.3 is 0 Å². The van der Waals surface area contributed by atoms with Gasteiger partial charge in [0, 0.05) is 13.1 Å². The predicted octanol–water partition coefficient (Wildman–Crippen LogP) is 3.82. The molecule has 1 heterocycles. The van der Waals surface area contributed by atoms with E-state index in [1.165, 1.54) is 0 Å². The van der Waals surface area contributed by atoms with Crippen LogP contribution in [0.15, 0.2) is 42.5 Å². The molecule has 0 atom stereocenters. The second-order valence-electron chi connectivity index (χ2n) is 5.29. The zero-order chi connectivity index (χ0) is 15.5. The standard InChI is InChI=1S/C17H16F2N2O/c18-12-7-8-14(19)13(11-12)17(22)20-15-5-1-2-6-16(15)21-9-3-4-10-21/h1-2,5-8,11H,3-4,9-10H2,(H,20,22). The van der Waals surface area contributed by atoms with Crippen molar-refractivity contribution in [3.63, 3.8) is 0 Å². The number of hydrogen-bond donors (Lipinski definition) is 1. The van der Waals surface area contributed by atoms with Crippen LogP contribution in [0.25, 0.3) is 0 Å². The summed E-state index contributed by atoms with van der Waals surface area (Å²) in [6.45, 7) is 1.86. The molecule has 5 heteroatoms. The highest BCUT2D eigenvalue weighted by Crippen LogP contribution is 2.29. The highest BCUT2D eigenvalue weighted by molar-refractivity contribution is 6.06. The molecule has 2 aromatic carbocycles. The van der Waals surface area contributed by atoms with Crippen molar-refractivity contribution < 1.29 is 13.6 Å². The van der Waals surface area contributed by atoms with Gasteiger partial charge in [0.05, 0.1) is 16.9 Å². The lowest BCUT2D eigenvalue weighted by atomic mass is 10.1. The van der Waals surface area contributed by atoms with Crippen molar-refractivity contribution in [3.05, 3.63) is 59.7 Å². The number of anilines is 2. The van der Waals surface area contributed by atoms with Gasteiger partial charge in [-0.2, -0.15) is 0 Å². The minimum Gasteiger partial charge on any atom is -0.370 e. The van der Waals surface area contributed by atoms with Crippen LogP contribution < -0.4 is 10.2 Å².